The second-order valence-corrected chi connectivity index (χ2v) is 5.77. The molecule has 0 bridgehead atoms. The highest BCUT2D eigenvalue weighted by molar-refractivity contribution is 5.28. The maximum absolute atomic E-state index is 10.1. The van der Waals surface area contributed by atoms with Crippen LogP contribution in [-0.4, -0.2) is 78.8 Å². The van der Waals surface area contributed by atoms with Gasteiger partial charge in [0.2, 0.25) is 0 Å². The molecular weight excluding hydrogens is 332 g/mol. The van der Waals surface area contributed by atoms with Crippen molar-refractivity contribution in [2.24, 2.45) is 0 Å². The average Bonchev–Trinajstić information content (AvgIpc) is 3.09. The van der Waals surface area contributed by atoms with E-state index in [0.717, 1.165) is 16.1 Å². The van der Waals surface area contributed by atoms with Crippen molar-refractivity contribution < 1.29 is 29.9 Å². The van der Waals surface area contributed by atoms with Crippen LogP contribution in [0.2, 0.25) is 0 Å². The molecule has 1 saturated heterocycles. The first-order chi connectivity index (χ1) is 12.0. The van der Waals surface area contributed by atoms with E-state index in [1.54, 1.807) is 7.11 Å². The van der Waals surface area contributed by atoms with Crippen molar-refractivity contribution in [1.82, 2.24) is 20.2 Å². The summed E-state index contributed by atoms with van der Waals surface area (Å²) in [5.41, 5.74) is 0.939. The molecule has 1 fully saturated rings. The van der Waals surface area contributed by atoms with Crippen molar-refractivity contribution in [2.45, 2.75) is 37.1 Å². The highest BCUT2D eigenvalue weighted by Crippen LogP contribution is 2.27. The number of rotatable bonds is 5. The highest BCUT2D eigenvalue weighted by Gasteiger charge is 2.45. The molecular formula is C15H20N4O6. The van der Waals surface area contributed by atoms with Gasteiger partial charge in [-0.1, -0.05) is 12.1 Å². The lowest BCUT2D eigenvalue weighted by atomic mass is 9.99. The number of ether oxygens (including phenoxy) is 2. The van der Waals surface area contributed by atoms with E-state index < -0.39 is 37.3 Å². The number of methoxy groups -OCH3 is 1. The van der Waals surface area contributed by atoms with E-state index in [1.807, 2.05) is 24.3 Å². The number of hydrogen-bond donors (Lipinski definition) is 4. The Morgan fingerprint density at radius 1 is 1.12 bits per heavy atom. The minimum absolute atomic E-state index is 0.391. The molecule has 3 rings (SSSR count). The molecule has 1 aromatic heterocycles. The van der Waals surface area contributed by atoms with Crippen LogP contribution in [0.4, 0.5) is 0 Å². The third kappa shape index (κ3) is 3.62. The number of nitrogens with zero attached hydrogens (tertiary/aromatic N) is 4. The Morgan fingerprint density at radius 3 is 2.48 bits per heavy atom. The summed E-state index contributed by atoms with van der Waals surface area (Å²) in [4.78, 5) is 1.03. The predicted octanol–water partition coefficient (Wildman–Crippen LogP) is -1.76. The van der Waals surface area contributed by atoms with Gasteiger partial charge in [0.1, 0.15) is 30.2 Å². The summed E-state index contributed by atoms with van der Waals surface area (Å²) in [6.45, 7) is -0.519. The third-order valence-corrected chi connectivity index (χ3v) is 4.09. The highest BCUT2D eigenvalue weighted by atomic mass is 16.6. The zero-order valence-corrected chi connectivity index (χ0v) is 13.5. The van der Waals surface area contributed by atoms with Crippen LogP contribution in [0.25, 0.3) is 0 Å². The van der Waals surface area contributed by atoms with Gasteiger partial charge in [0.15, 0.2) is 12.1 Å². The van der Waals surface area contributed by atoms with E-state index in [2.05, 4.69) is 15.4 Å². The molecule has 4 N–H and O–H groups in total. The normalized spacial score (nSPS) is 29.6. The quantitative estimate of drug-likeness (QED) is 0.492. The average molecular weight is 352 g/mol. The SMILES string of the molecule is COc1ccc(Cc2nnn([C@@H]3O[C@H](CO)[C@H](O)[C@H](O)[C@H]3O)n2)cc1. The monoisotopic (exact) mass is 352 g/mol. The Hall–Kier alpha value is -2.11. The first-order valence-corrected chi connectivity index (χ1v) is 7.75. The maximum Gasteiger partial charge on any atom is 0.199 e. The van der Waals surface area contributed by atoms with Crippen molar-refractivity contribution in [3.63, 3.8) is 0 Å². The van der Waals surface area contributed by atoms with Gasteiger partial charge >= 0.3 is 0 Å². The van der Waals surface area contributed by atoms with Crippen molar-refractivity contribution in [3.8, 4) is 5.75 Å². The minimum Gasteiger partial charge on any atom is -0.497 e. The summed E-state index contributed by atoms with van der Waals surface area (Å²) in [7, 11) is 1.59. The second-order valence-electron chi connectivity index (χ2n) is 5.77. The van der Waals surface area contributed by atoms with Gasteiger partial charge in [-0.15, -0.1) is 15.0 Å². The lowest BCUT2D eigenvalue weighted by molar-refractivity contribution is -0.257. The van der Waals surface area contributed by atoms with Crippen LogP contribution in [0.15, 0.2) is 24.3 Å². The van der Waals surface area contributed by atoms with Crippen LogP contribution in [0.3, 0.4) is 0 Å². The fourth-order valence-electron chi connectivity index (χ4n) is 2.63. The fourth-order valence-corrected chi connectivity index (χ4v) is 2.63. The molecule has 0 saturated carbocycles. The van der Waals surface area contributed by atoms with Gasteiger partial charge in [-0.2, -0.15) is 0 Å². The Morgan fingerprint density at radius 2 is 1.84 bits per heavy atom. The van der Waals surface area contributed by atoms with E-state index in [1.165, 1.54) is 0 Å². The van der Waals surface area contributed by atoms with Crippen molar-refractivity contribution >= 4 is 0 Å². The molecule has 1 aliphatic heterocycles. The zero-order valence-electron chi connectivity index (χ0n) is 13.5. The van der Waals surface area contributed by atoms with E-state index in [-0.39, 0.29) is 0 Å². The Balaban J connectivity index is 1.73. The number of benzene rings is 1. The molecule has 0 spiro atoms. The molecule has 2 heterocycles. The predicted molar refractivity (Wildman–Crippen MR) is 82.6 cm³/mol. The van der Waals surface area contributed by atoms with Gasteiger partial charge < -0.3 is 29.9 Å². The van der Waals surface area contributed by atoms with Crippen LogP contribution in [0.1, 0.15) is 17.6 Å². The summed E-state index contributed by atoms with van der Waals surface area (Å²) < 4.78 is 10.5. The summed E-state index contributed by atoms with van der Waals surface area (Å²) in [5.74, 6) is 1.13. The number of aromatic nitrogens is 4. The van der Waals surface area contributed by atoms with Crippen LogP contribution in [0.5, 0.6) is 5.75 Å². The Labute approximate surface area is 143 Å². The van der Waals surface area contributed by atoms with Gasteiger partial charge in [-0.25, -0.2) is 0 Å². The standard InChI is InChI=1S/C15H20N4O6/c1-24-9-4-2-8(3-5-9)6-11-16-18-19(17-11)15-14(23)13(22)12(21)10(7-20)25-15/h2-5,10,12-15,20-23H,6-7H2,1H3/t10-,12+,13+,14-,15-/m1/s1. The molecule has 1 aliphatic rings. The van der Waals surface area contributed by atoms with Crippen LogP contribution < -0.4 is 4.74 Å². The van der Waals surface area contributed by atoms with Gasteiger partial charge in [0.25, 0.3) is 0 Å². The first-order valence-electron chi connectivity index (χ1n) is 7.75. The summed E-state index contributed by atoms with van der Waals surface area (Å²) >= 11 is 0. The van der Waals surface area contributed by atoms with E-state index in [9.17, 15) is 20.4 Å². The molecule has 0 unspecified atom stereocenters. The zero-order chi connectivity index (χ0) is 18.0. The summed E-state index contributed by atoms with van der Waals surface area (Å²) in [6, 6.07) is 7.37. The Bertz CT molecular complexity index is 692. The number of aliphatic hydroxyl groups is 4. The summed E-state index contributed by atoms with van der Waals surface area (Å²) in [5, 5.41) is 50.8. The van der Waals surface area contributed by atoms with E-state index in [4.69, 9.17) is 9.47 Å². The number of tetrazole rings is 1. The molecule has 0 radical (unpaired) electrons. The second kappa shape index (κ2) is 7.42. The largest absolute Gasteiger partial charge is 0.497 e. The summed E-state index contributed by atoms with van der Waals surface area (Å²) in [6.07, 6.45) is -6.17. The van der Waals surface area contributed by atoms with Crippen molar-refractivity contribution in [3.05, 3.63) is 35.7 Å². The smallest absolute Gasteiger partial charge is 0.199 e. The van der Waals surface area contributed by atoms with Crippen LogP contribution >= 0.6 is 0 Å². The number of hydrogen-bond acceptors (Lipinski definition) is 9. The molecule has 10 nitrogen and oxygen atoms in total. The lowest BCUT2D eigenvalue weighted by Gasteiger charge is -2.38. The molecule has 5 atom stereocenters. The fraction of sp³-hybridized carbons (Fsp3) is 0.533. The van der Waals surface area contributed by atoms with E-state index in [0.29, 0.717) is 12.2 Å². The van der Waals surface area contributed by atoms with Gasteiger partial charge in [-0.05, 0) is 22.9 Å². The third-order valence-electron chi connectivity index (χ3n) is 4.09. The molecule has 10 heteroatoms. The molecule has 136 valence electrons. The molecule has 0 aliphatic carbocycles. The minimum atomic E-state index is -1.49. The molecule has 1 aromatic carbocycles. The van der Waals surface area contributed by atoms with Gasteiger partial charge in [0, 0.05) is 6.42 Å². The van der Waals surface area contributed by atoms with Gasteiger partial charge in [-0.3, -0.25) is 0 Å². The topological polar surface area (TPSA) is 143 Å². The maximum atomic E-state index is 10.1. The Kier molecular flexibility index (Phi) is 5.25. The van der Waals surface area contributed by atoms with Crippen LogP contribution in [0, 0.1) is 0 Å². The van der Waals surface area contributed by atoms with Gasteiger partial charge in [0.05, 0.1) is 13.7 Å². The number of aliphatic hydroxyl groups excluding tert-OH is 4. The first kappa shape index (κ1) is 17.7. The van der Waals surface area contributed by atoms with Crippen LogP contribution in [-0.2, 0) is 11.2 Å². The molecule has 25 heavy (non-hydrogen) atoms. The lowest BCUT2D eigenvalue weighted by Crippen LogP contribution is -2.56. The molecule has 2 aromatic rings. The van der Waals surface area contributed by atoms with Crippen molar-refractivity contribution in [2.75, 3.05) is 13.7 Å². The van der Waals surface area contributed by atoms with Crippen molar-refractivity contribution in [1.29, 1.82) is 0 Å². The van der Waals surface area contributed by atoms with E-state index >= 15 is 0 Å². The molecule has 0 amide bonds.